The van der Waals surface area contributed by atoms with Crippen molar-refractivity contribution in [3.8, 4) is 22.6 Å². The smallest absolute Gasteiger partial charge is 0.251 e. The van der Waals surface area contributed by atoms with E-state index in [1.165, 1.54) is 5.56 Å². The number of pyridine rings is 1. The normalized spacial score (nSPS) is 14.8. The molecule has 0 atom stereocenters. The quantitative estimate of drug-likeness (QED) is 0.507. The largest absolute Gasteiger partial charge is 0.486 e. The fourth-order valence-corrected chi connectivity index (χ4v) is 4.97. The average molecular weight is 440 g/mol. The summed E-state index contributed by atoms with van der Waals surface area (Å²) in [5, 5.41) is 1.00. The molecular formula is C27H25N3O3. The monoisotopic (exact) mass is 439 g/mol. The molecule has 4 aromatic rings. The van der Waals surface area contributed by atoms with Crippen molar-refractivity contribution in [2.45, 2.75) is 39.0 Å². The van der Waals surface area contributed by atoms with Crippen LogP contribution in [0.1, 0.15) is 41.2 Å². The lowest BCUT2D eigenvalue weighted by Crippen LogP contribution is -2.21. The van der Waals surface area contributed by atoms with Gasteiger partial charge in [-0.15, -0.1) is 0 Å². The van der Waals surface area contributed by atoms with E-state index >= 15 is 0 Å². The van der Waals surface area contributed by atoms with Crippen LogP contribution in [0.3, 0.4) is 0 Å². The van der Waals surface area contributed by atoms with Crippen LogP contribution in [0.4, 0.5) is 0 Å². The van der Waals surface area contributed by atoms with E-state index in [1.54, 1.807) is 0 Å². The molecule has 1 aliphatic heterocycles. The molecule has 2 aliphatic rings. The van der Waals surface area contributed by atoms with Crippen LogP contribution in [-0.4, -0.2) is 28.2 Å². The number of aromatic nitrogens is 3. The highest BCUT2D eigenvalue weighted by Gasteiger charge is 2.18. The number of aromatic amines is 1. The van der Waals surface area contributed by atoms with Crippen LogP contribution in [0.25, 0.3) is 22.0 Å². The number of H-pyrrole nitrogens is 1. The highest BCUT2D eigenvalue weighted by molar-refractivity contribution is 5.88. The minimum atomic E-state index is 0.0433. The molecule has 0 amide bonds. The fourth-order valence-electron chi connectivity index (χ4n) is 4.97. The summed E-state index contributed by atoms with van der Waals surface area (Å²) in [6.45, 7) is 3.13. The Morgan fingerprint density at radius 3 is 2.82 bits per heavy atom. The number of nitrogens with one attached hydrogen (secondary N) is 1. The van der Waals surface area contributed by atoms with Crippen molar-refractivity contribution in [3.05, 3.63) is 81.2 Å². The predicted molar refractivity (Wildman–Crippen MR) is 127 cm³/mol. The van der Waals surface area contributed by atoms with Crippen LogP contribution in [0.15, 0.2) is 47.3 Å². The van der Waals surface area contributed by atoms with Crippen molar-refractivity contribution in [2.75, 3.05) is 13.2 Å². The molecule has 6 nitrogen and oxygen atoms in total. The van der Waals surface area contributed by atoms with E-state index in [1.807, 2.05) is 31.2 Å². The predicted octanol–water partition coefficient (Wildman–Crippen LogP) is 4.53. The van der Waals surface area contributed by atoms with Crippen molar-refractivity contribution in [2.24, 2.45) is 0 Å². The van der Waals surface area contributed by atoms with Crippen molar-refractivity contribution >= 4 is 10.9 Å². The molecule has 0 saturated heterocycles. The topological polar surface area (TPSA) is 77.1 Å². The van der Waals surface area contributed by atoms with E-state index in [9.17, 15) is 4.79 Å². The molecule has 2 aromatic carbocycles. The van der Waals surface area contributed by atoms with Gasteiger partial charge in [0.1, 0.15) is 19.0 Å². The maximum absolute atomic E-state index is 12.5. The summed E-state index contributed by atoms with van der Waals surface area (Å²) >= 11 is 0. The maximum atomic E-state index is 12.5. The van der Waals surface area contributed by atoms with E-state index in [-0.39, 0.29) is 5.56 Å². The second-order valence-electron chi connectivity index (χ2n) is 8.80. The molecule has 6 rings (SSSR count). The number of aryl methyl sites for hydroxylation is 2. The molecule has 1 N–H and O–H groups in total. The minimum absolute atomic E-state index is 0.0433. The summed E-state index contributed by atoms with van der Waals surface area (Å²) in [5.41, 5.74) is 6.91. The summed E-state index contributed by atoms with van der Waals surface area (Å²) in [4.78, 5) is 25.1. The van der Waals surface area contributed by atoms with Gasteiger partial charge >= 0.3 is 0 Å². The van der Waals surface area contributed by atoms with Crippen LogP contribution in [-0.2, 0) is 19.3 Å². The standard InChI is InChI=1S/C27H25N3O3/c1-16-22-14-18(20-7-4-8-24-26(20)33-12-11-32-24)9-10-23(22)30-25(28-16)15-19-13-17-5-2-3-6-21(17)27(31)29-19/h4,7-10,13-14H,2-3,5-6,11-12,15H2,1H3,(H,29,31). The highest BCUT2D eigenvalue weighted by Crippen LogP contribution is 2.40. The Morgan fingerprint density at radius 2 is 1.88 bits per heavy atom. The summed E-state index contributed by atoms with van der Waals surface area (Å²) < 4.78 is 11.6. The molecule has 0 saturated carbocycles. The molecule has 0 fully saturated rings. The van der Waals surface area contributed by atoms with Gasteiger partial charge in [-0.25, -0.2) is 9.97 Å². The second-order valence-corrected chi connectivity index (χ2v) is 8.80. The lowest BCUT2D eigenvalue weighted by molar-refractivity contribution is 0.172. The fraction of sp³-hybridized carbons (Fsp3) is 0.296. The number of benzene rings is 2. The second kappa shape index (κ2) is 8.03. The number of hydrogen-bond donors (Lipinski definition) is 1. The molecule has 3 heterocycles. The zero-order valence-corrected chi connectivity index (χ0v) is 18.6. The van der Waals surface area contributed by atoms with Crippen LogP contribution in [0.5, 0.6) is 11.5 Å². The van der Waals surface area contributed by atoms with Gasteiger partial charge in [0.05, 0.1) is 5.52 Å². The first kappa shape index (κ1) is 20.0. The molecule has 6 heteroatoms. The third-order valence-corrected chi connectivity index (χ3v) is 6.57. The van der Waals surface area contributed by atoms with E-state index < -0.39 is 0 Å². The Labute approximate surface area is 191 Å². The third kappa shape index (κ3) is 3.65. The van der Waals surface area contributed by atoms with Crippen LogP contribution < -0.4 is 15.0 Å². The molecule has 166 valence electrons. The van der Waals surface area contributed by atoms with Crippen molar-refractivity contribution in [1.82, 2.24) is 15.0 Å². The van der Waals surface area contributed by atoms with Gasteiger partial charge < -0.3 is 14.5 Å². The zero-order valence-electron chi connectivity index (χ0n) is 18.6. The number of rotatable bonds is 3. The average Bonchev–Trinajstić information content (AvgIpc) is 2.84. The first-order valence-electron chi connectivity index (χ1n) is 11.6. The molecule has 0 bridgehead atoms. The van der Waals surface area contributed by atoms with E-state index in [4.69, 9.17) is 19.4 Å². The Kier molecular flexibility index (Phi) is 4.86. The SMILES string of the molecule is Cc1nc(Cc2cc3c(c(=O)[nH]2)CCCC3)nc2ccc(-c3cccc4c3OCCO4)cc12. The van der Waals surface area contributed by atoms with E-state index in [2.05, 4.69) is 23.2 Å². The summed E-state index contributed by atoms with van der Waals surface area (Å²) in [6, 6.07) is 14.3. The van der Waals surface area contributed by atoms with Crippen LogP contribution in [0.2, 0.25) is 0 Å². The van der Waals surface area contributed by atoms with Gasteiger partial charge in [0, 0.05) is 34.3 Å². The molecule has 0 radical (unpaired) electrons. The van der Waals surface area contributed by atoms with Crippen molar-refractivity contribution < 1.29 is 9.47 Å². The van der Waals surface area contributed by atoms with Crippen LogP contribution in [0, 0.1) is 6.92 Å². The Balaban J connectivity index is 1.36. The lowest BCUT2D eigenvalue weighted by atomic mass is 9.92. The summed E-state index contributed by atoms with van der Waals surface area (Å²) in [5.74, 6) is 2.28. The minimum Gasteiger partial charge on any atom is -0.486 e. The molecule has 0 unspecified atom stereocenters. The van der Waals surface area contributed by atoms with Crippen molar-refractivity contribution in [3.63, 3.8) is 0 Å². The first-order valence-corrected chi connectivity index (χ1v) is 11.6. The van der Waals surface area contributed by atoms with Gasteiger partial charge in [0.15, 0.2) is 11.5 Å². The van der Waals surface area contributed by atoms with Gasteiger partial charge in [0.2, 0.25) is 0 Å². The summed E-state index contributed by atoms with van der Waals surface area (Å²) in [6.07, 6.45) is 4.60. The number of fused-ring (bicyclic) bond motifs is 3. The van der Waals surface area contributed by atoms with Gasteiger partial charge in [-0.3, -0.25) is 4.79 Å². The van der Waals surface area contributed by atoms with Gasteiger partial charge in [-0.05, 0) is 68.0 Å². The Morgan fingerprint density at radius 1 is 1.00 bits per heavy atom. The Bertz CT molecular complexity index is 1440. The molecule has 1 aliphatic carbocycles. The van der Waals surface area contributed by atoms with Gasteiger partial charge in [-0.1, -0.05) is 18.2 Å². The maximum Gasteiger partial charge on any atom is 0.251 e. The lowest BCUT2D eigenvalue weighted by Gasteiger charge is -2.21. The molecular weight excluding hydrogens is 414 g/mol. The van der Waals surface area contributed by atoms with Crippen molar-refractivity contribution in [1.29, 1.82) is 0 Å². The number of nitrogens with zero attached hydrogens (tertiary/aromatic N) is 2. The van der Waals surface area contributed by atoms with E-state index in [0.29, 0.717) is 25.5 Å². The van der Waals surface area contributed by atoms with E-state index in [0.717, 1.165) is 76.2 Å². The zero-order chi connectivity index (χ0) is 22.4. The number of hydrogen-bond acceptors (Lipinski definition) is 5. The summed E-state index contributed by atoms with van der Waals surface area (Å²) in [7, 11) is 0. The van der Waals surface area contributed by atoms with Gasteiger partial charge in [-0.2, -0.15) is 0 Å². The van der Waals surface area contributed by atoms with Gasteiger partial charge in [0.25, 0.3) is 5.56 Å². The third-order valence-electron chi connectivity index (χ3n) is 6.57. The Hall–Kier alpha value is -3.67. The molecule has 0 spiro atoms. The molecule has 33 heavy (non-hydrogen) atoms. The first-order chi connectivity index (χ1) is 16.2. The number of ether oxygens (including phenoxy) is 2. The highest BCUT2D eigenvalue weighted by atomic mass is 16.6. The molecule has 2 aromatic heterocycles. The number of para-hydroxylation sites is 1. The van der Waals surface area contributed by atoms with Crippen LogP contribution >= 0.6 is 0 Å².